The lowest BCUT2D eigenvalue weighted by Crippen LogP contribution is -2.29. The van der Waals surface area contributed by atoms with Gasteiger partial charge in [-0.15, -0.1) is 0 Å². The number of nitrogens with zero attached hydrogens (tertiary/aromatic N) is 4. The largest absolute Gasteiger partial charge is 0.456 e. The molecule has 2 heterocycles. The van der Waals surface area contributed by atoms with Gasteiger partial charge in [0.05, 0.1) is 18.3 Å². The number of rotatable bonds is 6. The van der Waals surface area contributed by atoms with E-state index in [1.807, 2.05) is 6.92 Å². The maximum Gasteiger partial charge on any atom is 0.376 e. The second kappa shape index (κ2) is 16.8. The summed E-state index contributed by atoms with van der Waals surface area (Å²) in [6.07, 6.45) is 25.6. The predicted molar refractivity (Wildman–Crippen MR) is 178 cm³/mol. The van der Waals surface area contributed by atoms with Crippen LogP contribution in [0.2, 0.25) is 0 Å². The molecule has 0 spiro atoms. The molecule has 4 aliphatic rings. The van der Waals surface area contributed by atoms with Crippen molar-refractivity contribution in [1.82, 2.24) is 19.9 Å². The molecule has 2 aromatic heterocycles. The van der Waals surface area contributed by atoms with E-state index in [2.05, 4.69) is 40.7 Å². The smallest absolute Gasteiger partial charge is 0.376 e. The summed E-state index contributed by atoms with van der Waals surface area (Å²) in [6, 6.07) is 0. The van der Waals surface area contributed by atoms with Gasteiger partial charge in [0, 0.05) is 18.3 Å². The summed E-state index contributed by atoms with van der Waals surface area (Å²) in [6.45, 7) is 8.84. The Balaban J connectivity index is 0.000000181. The van der Waals surface area contributed by atoms with Crippen molar-refractivity contribution in [2.75, 3.05) is 0 Å². The minimum atomic E-state index is -0.375. The molecule has 8 nitrogen and oxygen atoms in total. The lowest BCUT2D eigenvalue weighted by molar-refractivity contribution is -0.140. The van der Waals surface area contributed by atoms with Gasteiger partial charge in [-0.3, -0.25) is 4.79 Å². The van der Waals surface area contributed by atoms with Gasteiger partial charge < -0.3 is 9.47 Å². The van der Waals surface area contributed by atoms with Gasteiger partial charge in [-0.2, -0.15) is 0 Å². The van der Waals surface area contributed by atoms with E-state index in [1.54, 1.807) is 24.8 Å². The number of carbonyl (C=O) groups is 2. The van der Waals surface area contributed by atoms with Crippen LogP contribution in [0, 0.1) is 42.4 Å². The average molecular weight is 633 g/mol. The van der Waals surface area contributed by atoms with Crippen LogP contribution in [-0.2, 0) is 9.53 Å². The van der Waals surface area contributed by atoms with Gasteiger partial charge in [-0.1, -0.05) is 46.5 Å². The monoisotopic (exact) mass is 632 g/mol. The van der Waals surface area contributed by atoms with Crippen LogP contribution in [0.1, 0.15) is 151 Å². The summed E-state index contributed by atoms with van der Waals surface area (Å²) in [4.78, 5) is 41.3. The first kappa shape index (κ1) is 34.4. The highest BCUT2D eigenvalue weighted by Gasteiger charge is 2.32. The highest BCUT2D eigenvalue weighted by molar-refractivity contribution is 5.85. The molecular weight excluding hydrogens is 576 g/mol. The van der Waals surface area contributed by atoms with E-state index in [-0.39, 0.29) is 29.8 Å². The van der Waals surface area contributed by atoms with Crippen molar-refractivity contribution in [2.45, 2.75) is 142 Å². The predicted octanol–water partition coefficient (Wildman–Crippen LogP) is 8.83. The lowest BCUT2D eigenvalue weighted by Gasteiger charge is -2.36. The zero-order valence-corrected chi connectivity index (χ0v) is 28.7. The molecule has 0 bridgehead atoms. The molecule has 0 radical (unpaired) electrons. The second-order valence-corrected chi connectivity index (χ2v) is 15.2. The number of aryl methyl sites for hydroxylation is 1. The van der Waals surface area contributed by atoms with Crippen molar-refractivity contribution in [3.63, 3.8) is 0 Å². The molecule has 6 rings (SSSR count). The molecule has 0 unspecified atom stereocenters. The van der Waals surface area contributed by atoms with Crippen LogP contribution in [0.4, 0.5) is 0 Å². The van der Waals surface area contributed by atoms with Gasteiger partial charge in [0.25, 0.3) is 0 Å². The molecular formula is C38H56N4O4. The van der Waals surface area contributed by atoms with Crippen molar-refractivity contribution in [3.8, 4) is 5.75 Å². The summed E-state index contributed by atoms with van der Waals surface area (Å²) in [5.74, 6) is 5.82. The van der Waals surface area contributed by atoms with E-state index in [0.29, 0.717) is 11.7 Å². The van der Waals surface area contributed by atoms with Crippen LogP contribution in [-0.4, -0.2) is 38.0 Å². The van der Waals surface area contributed by atoms with Crippen molar-refractivity contribution >= 4 is 11.9 Å². The van der Waals surface area contributed by atoms with Gasteiger partial charge in [0.15, 0.2) is 5.75 Å². The first-order valence-corrected chi connectivity index (χ1v) is 18.3. The van der Waals surface area contributed by atoms with Crippen LogP contribution in [0.15, 0.2) is 24.8 Å². The van der Waals surface area contributed by atoms with Gasteiger partial charge in [-0.05, 0) is 119 Å². The summed E-state index contributed by atoms with van der Waals surface area (Å²) in [7, 11) is 0. The lowest BCUT2D eigenvalue weighted by atomic mass is 9.71. The number of aromatic nitrogens is 4. The normalized spacial score (nSPS) is 31.6. The molecule has 4 aliphatic carbocycles. The zero-order chi connectivity index (χ0) is 32.5. The van der Waals surface area contributed by atoms with Crippen molar-refractivity contribution in [3.05, 3.63) is 42.0 Å². The minimum Gasteiger partial charge on any atom is -0.456 e. The van der Waals surface area contributed by atoms with Crippen LogP contribution in [0.25, 0.3) is 0 Å². The average Bonchev–Trinajstić information content (AvgIpc) is 3.07. The minimum absolute atomic E-state index is 0.0470. The fraction of sp³-hybridized carbons (Fsp3) is 0.737. The first-order valence-electron chi connectivity index (χ1n) is 18.3. The van der Waals surface area contributed by atoms with Gasteiger partial charge >= 0.3 is 11.9 Å². The Bertz CT molecular complexity index is 1220. The fourth-order valence-electron chi connectivity index (χ4n) is 7.94. The van der Waals surface area contributed by atoms with E-state index < -0.39 is 0 Å². The molecule has 46 heavy (non-hydrogen) atoms. The Morgan fingerprint density at radius 1 is 0.609 bits per heavy atom. The number of esters is 2. The molecule has 252 valence electrons. The molecule has 0 amide bonds. The van der Waals surface area contributed by atoms with Crippen molar-refractivity contribution in [1.29, 1.82) is 0 Å². The van der Waals surface area contributed by atoms with Gasteiger partial charge in [0.1, 0.15) is 11.9 Å². The zero-order valence-electron chi connectivity index (χ0n) is 28.7. The van der Waals surface area contributed by atoms with Gasteiger partial charge in [0.2, 0.25) is 5.82 Å². The molecule has 8 heteroatoms. The Labute approximate surface area is 276 Å². The van der Waals surface area contributed by atoms with E-state index in [9.17, 15) is 9.59 Å². The summed E-state index contributed by atoms with van der Waals surface area (Å²) >= 11 is 0. The summed E-state index contributed by atoms with van der Waals surface area (Å²) in [5.41, 5.74) is 0.948. The Morgan fingerprint density at radius 3 is 1.63 bits per heavy atom. The summed E-state index contributed by atoms with van der Waals surface area (Å²) in [5, 5.41) is 0. The Morgan fingerprint density at radius 2 is 1.09 bits per heavy atom. The van der Waals surface area contributed by atoms with Crippen LogP contribution >= 0.6 is 0 Å². The highest BCUT2D eigenvalue weighted by Crippen LogP contribution is 2.40. The number of ether oxygens (including phenoxy) is 2. The van der Waals surface area contributed by atoms with Crippen LogP contribution in [0.5, 0.6) is 5.75 Å². The van der Waals surface area contributed by atoms with E-state index in [4.69, 9.17) is 9.47 Å². The van der Waals surface area contributed by atoms with Crippen LogP contribution in [0.3, 0.4) is 0 Å². The molecule has 4 fully saturated rings. The quantitative estimate of drug-likeness (QED) is 0.291. The maximum atomic E-state index is 12.2. The molecule has 0 atom stereocenters. The molecule has 2 aromatic rings. The third-order valence-corrected chi connectivity index (χ3v) is 11.3. The Hall–Kier alpha value is -2.90. The standard InChI is InChI=1S/2C19H28N2O2/c1-13-3-7-15(8-4-13)18-20-11-17(12-21-18)23-19(22)16-9-5-14(2)6-10-16;1-13-3-5-15(6-4-13)16-7-9-17(10-8-16)23-19(22)18-20-11-14(2)12-21-18/h11-16H,3-10H2,1-2H3;11-13,15-17H,3-10H2,1-2H3. The first-order chi connectivity index (χ1) is 22.2. The molecule has 0 aliphatic heterocycles. The Kier molecular flexibility index (Phi) is 12.6. The van der Waals surface area contributed by atoms with E-state index in [1.165, 1.54) is 64.2 Å². The topological polar surface area (TPSA) is 104 Å². The van der Waals surface area contributed by atoms with E-state index >= 15 is 0 Å². The second-order valence-electron chi connectivity index (χ2n) is 15.2. The fourth-order valence-corrected chi connectivity index (χ4v) is 7.94. The molecule has 0 saturated heterocycles. The number of hydrogen-bond donors (Lipinski definition) is 0. The molecule has 4 saturated carbocycles. The van der Waals surface area contributed by atoms with Crippen molar-refractivity contribution in [2.24, 2.45) is 35.5 Å². The molecule has 0 N–H and O–H groups in total. The maximum absolute atomic E-state index is 12.2. The van der Waals surface area contributed by atoms with Crippen molar-refractivity contribution < 1.29 is 19.1 Å². The van der Waals surface area contributed by atoms with Gasteiger partial charge in [-0.25, -0.2) is 24.7 Å². The number of carbonyl (C=O) groups excluding carboxylic acids is 2. The molecule has 0 aromatic carbocycles. The third-order valence-electron chi connectivity index (χ3n) is 11.3. The van der Waals surface area contributed by atoms with E-state index in [0.717, 1.165) is 79.5 Å². The van der Waals surface area contributed by atoms with Crippen LogP contribution < -0.4 is 4.74 Å². The third kappa shape index (κ3) is 10.0. The number of hydrogen-bond acceptors (Lipinski definition) is 8. The SMILES string of the molecule is CC1CCC(C(=O)Oc2cnc(C3CCC(C)CC3)nc2)CC1.Cc1cnc(C(=O)OC2CCC(C3CCC(C)CC3)CC2)nc1. The highest BCUT2D eigenvalue weighted by atomic mass is 16.5. The summed E-state index contributed by atoms with van der Waals surface area (Å²) < 4.78 is 11.1.